The molecule has 0 heterocycles. The summed E-state index contributed by atoms with van der Waals surface area (Å²) in [5, 5.41) is 3.63. The third kappa shape index (κ3) is 4.94. The van der Waals surface area contributed by atoms with Gasteiger partial charge in [-0.05, 0) is 30.3 Å². The highest BCUT2D eigenvalue weighted by Crippen LogP contribution is 2.26. The highest BCUT2D eigenvalue weighted by molar-refractivity contribution is 6.35. The maximum Gasteiger partial charge on any atom is 0.321 e. The van der Waals surface area contributed by atoms with Crippen LogP contribution in [0.15, 0.2) is 42.5 Å². The molecule has 2 aromatic rings. The van der Waals surface area contributed by atoms with E-state index in [1.807, 2.05) is 24.3 Å². The first-order valence-electron chi connectivity index (χ1n) is 7.24. The van der Waals surface area contributed by atoms with Crippen molar-refractivity contribution >= 4 is 34.9 Å². The average Bonchev–Trinajstić information content (AvgIpc) is 2.58. The number of benzene rings is 2. The zero-order chi connectivity index (χ0) is 17.5. The third-order valence-corrected chi connectivity index (χ3v) is 3.83. The van der Waals surface area contributed by atoms with Crippen LogP contribution in [0.25, 0.3) is 0 Å². The maximum absolute atomic E-state index is 12.2. The van der Waals surface area contributed by atoms with Gasteiger partial charge in [0, 0.05) is 12.1 Å². The van der Waals surface area contributed by atoms with Crippen molar-refractivity contribution in [1.82, 2.24) is 4.90 Å². The molecule has 0 radical (unpaired) electrons. The van der Waals surface area contributed by atoms with Gasteiger partial charge in [-0.3, -0.25) is 0 Å². The number of nitrogens with one attached hydrogen (secondary N) is 1. The van der Waals surface area contributed by atoms with E-state index < -0.39 is 0 Å². The Morgan fingerprint density at radius 3 is 2.58 bits per heavy atom. The molecule has 0 saturated heterocycles. The lowest BCUT2D eigenvalue weighted by molar-refractivity contribution is 0.206. The van der Waals surface area contributed by atoms with Gasteiger partial charge in [0.05, 0.1) is 24.4 Å². The summed E-state index contributed by atoms with van der Waals surface area (Å²) in [5.74, 6) is 1.28. The highest BCUT2D eigenvalue weighted by Gasteiger charge is 2.12. The molecule has 0 fully saturated rings. The van der Waals surface area contributed by atoms with E-state index in [4.69, 9.17) is 32.7 Å². The molecule has 0 unspecified atom stereocenters. The summed E-state index contributed by atoms with van der Waals surface area (Å²) in [6.45, 7) is 0.718. The van der Waals surface area contributed by atoms with Crippen molar-refractivity contribution < 1.29 is 14.3 Å². The van der Waals surface area contributed by atoms with Crippen molar-refractivity contribution in [2.75, 3.05) is 32.6 Å². The Labute approximate surface area is 151 Å². The zero-order valence-electron chi connectivity index (χ0n) is 13.4. The van der Waals surface area contributed by atoms with E-state index in [0.717, 1.165) is 0 Å². The Morgan fingerprint density at radius 2 is 1.88 bits per heavy atom. The molecule has 0 aliphatic rings. The van der Waals surface area contributed by atoms with E-state index in [2.05, 4.69) is 5.32 Å². The van der Waals surface area contributed by atoms with Gasteiger partial charge in [0.1, 0.15) is 6.61 Å². The minimum Gasteiger partial charge on any atom is -0.493 e. The number of carbonyl (C=O) groups excluding carboxylic acids is 1. The number of halogens is 2. The number of carbonyl (C=O) groups is 1. The summed E-state index contributed by atoms with van der Waals surface area (Å²) in [7, 11) is 3.25. The average molecular weight is 369 g/mol. The number of nitrogens with zero attached hydrogens (tertiary/aromatic N) is 1. The molecule has 0 aromatic heterocycles. The number of para-hydroxylation sites is 2. The number of anilines is 1. The van der Waals surface area contributed by atoms with E-state index in [1.54, 1.807) is 32.4 Å². The van der Waals surface area contributed by atoms with Gasteiger partial charge >= 0.3 is 6.03 Å². The topological polar surface area (TPSA) is 50.8 Å². The molecule has 1 N–H and O–H groups in total. The number of hydrogen-bond acceptors (Lipinski definition) is 3. The van der Waals surface area contributed by atoms with Crippen molar-refractivity contribution in [3.05, 3.63) is 52.5 Å². The second-order valence-corrected chi connectivity index (χ2v) is 5.82. The fourth-order valence-electron chi connectivity index (χ4n) is 1.94. The normalized spacial score (nSPS) is 10.2. The molecule has 24 heavy (non-hydrogen) atoms. The number of hydrogen-bond donors (Lipinski definition) is 1. The standard InChI is InChI=1S/C17H18Cl2N2O3/c1-21(9-10-24-16-6-4-3-5-15(16)23-2)17(22)20-14-11-12(18)7-8-13(14)19/h3-8,11H,9-10H2,1-2H3,(H,20,22). The highest BCUT2D eigenvalue weighted by atomic mass is 35.5. The first kappa shape index (κ1) is 18.2. The predicted octanol–water partition coefficient (Wildman–Crippen LogP) is 4.54. The number of methoxy groups -OCH3 is 1. The number of amides is 2. The second kappa shape index (κ2) is 8.66. The Kier molecular flexibility index (Phi) is 6.58. The molecule has 128 valence electrons. The van der Waals surface area contributed by atoms with Crippen molar-refractivity contribution in [3.8, 4) is 11.5 Å². The van der Waals surface area contributed by atoms with E-state index in [0.29, 0.717) is 40.4 Å². The SMILES string of the molecule is COc1ccccc1OCCN(C)C(=O)Nc1cc(Cl)ccc1Cl. The van der Waals surface area contributed by atoms with Gasteiger partial charge in [0.25, 0.3) is 0 Å². The van der Waals surface area contributed by atoms with Crippen molar-refractivity contribution in [1.29, 1.82) is 0 Å². The Hall–Kier alpha value is -2.11. The smallest absolute Gasteiger partial charge is 0.321 e. The minimum absolute atomic E-state index is 0.303. The Bertz CT molecular complexity index is 710. The van der Waals surface area contributed by atoms with Gasteiger partial charge in [-0.1, -0.05) is 35.3 Å². The summed E-state index contributed by atoms with van der Waals surface area (Å²) in [6.07, 6.45) is 0. The molecule has 0 aliphatic heterocycles. The van der Waals surface area contributed by atoms with Gasteiger partial charge in [0.2, 0.25) is 0 Å². The van der Waals surface area contributed by atoms with Crippen LogP contribution in [-0.2, 0) is 0 Å². The summed E-state index contributed by atoms with van der Waals surface area (Å²) < 4.78 is 10.9. The van der Waals surface area contributed by atoms with Gasteiger partial charge in [-0.25, -0.2) is 4.79 Å². The summed E-state index contributed by atoms with van der Waals surface area (Å²) in [4.78, 5) is 13.7. The van der Waals surface area contributed by atoms with E-state index in [1.165, 1.54) is 4.90 Å². The molecule has 0 atom stereocenters. The molecule has 2 amide bonds. The van der Waals surface area contributed by atoms with Crippen LogP contribution < -0.4 is 14.8 Å². The second-order valence-electron chi connectivity index (χ2n) is 4.98. The molecule has 2 aromatic carbocycles. The van der Waals surface area contributed by atoms with Crippen LogP contribution in [0, 0.1) is 0 Å². The lowest BCUT2D eigenvalue weighted by Crippen LogP contribution is -2.34. The monoisotopic (exact) mass is 368 g/mol. The molecule has 0 saturated carbocycles. The first-order chi connectivity index (χ1) is 11.5. The van der Waals surface area contributed by atoms with Gasteiger partial charge in [-0.15, -0.1) is 0 Å². The molecule has 0 bridgehead atoms. The molecule has 0 spiro atoms. The molecular weight excluding hydrogens is 351 g/mol. The fourth-order valence-corrected chi connectivity index (χ4v) is 2.27. The van der Waals surface area contributed by atoms with Crippen LogP contribution >= 0.6 is 23.2 Å². The van der Waals surface area contributed by atoms with E-state index in [9.17, 15) is 4.79 Å². The first-order valence-corrected chi connectivity index (χ1v) is 8.00. The quantitative estimate of drug-likeness (QED) is 0.813. The van der Waals surface area contributed by atoms with Crippen molar-refractivity contribution in [2.45, 2.75) is 0 Å². The zero-order valence-corrected chi connectivity index (χ0v) is 14.9. The Morgan fingerprint density at radius 1 is 1.17 bits per heavy atom. The van der Waals surface area contributed by atoms with Crippen LogP contribution in [0.2, 0.25) is 10.0 Å². The molecule has 5 nitrogen and oxygen atoms in total. The largest absolute Gasteiger partial charge is 0.493 e. The van der Waals surface area contributed by atoms with Crippen LogP contribution in [0.3, 0.4) is 0 Å². The minimum atomic E-state index is -0.303. The summed E-state index contributed by atoms with van der Waals surface area (Å²) >= 11 is 11.9. The summed E-state index contributed by atoms with van der Waals surface area (Å²) in [6, 6.07) is 11.9. The number of rotatable bonds is 6. The summed E-state index contributed by atoms with van der Waals surface area (Å²) in [5.41, 5.74) is 0.465. The van der Waals surface area contributed by atoms with Crippen LogP contribution in [0.4, 0.5) is 10.5 Å². The number of urea groups is 1. The third-order valence-electron chi connectivity index (χ3n) is 3.27. The van der Waals surface area contributed by atoms with E-state index >= 15 is 0 Å². The number of likely N-dealkylation sites (N-methyl/N-ethyl adjacent to an activating group) is 1. The van der Waals surface area contributed by atoms with E-state index in [-0.39, 0.29) is 6.03 Å². The fraction of sp³-hybridized carbons (Fsp3) is 0.235. The van der Waals surface area contributed by atoms with Crippen molar-refractivity contribution in [2.24, 2.45) is 0 Å². The van der Waals surface area contributed by atoms with Gasteiger partial charge < -0.3 is 19.7 Å². The maximum atomic E-state index is 12.2. The predicted molar refractivity (Wildman–Crippen MR) is 96.6 cm³/mol. The van der Waals surface area contributed by atoms with Crippen LogP contribution in [-0.4, -0.2) is 38.2 Å². The number of ether oxygens (including phenoxy) is 2. The molecular formula is C17H18Cl2N2O3. The lowest BCUT2D eigenvalue weighted by atomic mass is 10.3. The van der Waals surface area contributed by atoms with Gasteiger partial charge in [0.15, 0.2) is 11.5 Å². The lowest BCUT2D eigenvalue weighted by Gasteiger charge is -2.19. The van der Waals surface area contributed by atoms with Gasteiger partial charge in [-0.2, -0.15) is 0 Å². The van der Waals surface area contributed by atoms with Crippen LogP contribution in [0.5, 0.6) is 11.5 Å². The molecule has 2 rings (SSSR count). The molecule has 7 heteroatoms. The van der Waals surface area contributed by atoms with Crippen molar-refractivity contribution in [3.63, 3.8) is 0 Å². The van der Waals surface area contributed by atoms with Crippen LogP contribution in [0.1, 0.15) is 0 Å². The Balaban J connectivity index is 1.86. The molecule has 0 aliphatic carbocycles.